The Morgan fingerprint density at radius 3 is 2.62 bits per heavy atom. The van der Waals surface area contributed by atoms with Crippen LogP contribution in [0.4, 0.5) is 0 Å². The highest BCUT2D eigenvalue weighted by atomic mass is 16.4. The van der Waals surface area contributed by atoms with Crippen molar-refractivity contribution in [1.29, 1.82) is 0 Å². The first-order chi connectivity index (χ1) is 7.58. The van der Waals surface area contributed by atoms with Crippen LogP contribution in [0.2, 0.25) is 0 Å². The summed E-state index contributed by atoms with van der Waals surface area (Å²) in [6.45, 7) is 5.55. The van der Waals surface area contributed by atoms with Gasteiger partial charge in [0.25, 0.3) is 0 Å². The monoisotopic (exact) mass is 225 g/mol. The van der Waals surface area contributed by atoms with Crippen LogP contribution in [0.3, 0.4) is 0 Å². The van der Waals surface area contributed by atoms with Gasteiger partial charge in [0.15, 0.2) is 0 Å². The van der Waals surface area contributed by atoms with Gasteiger partial charge < -0.3 is 10.4 Å². The van der Waals surface area contributed by atoms with Crippen molar-refractivity contribution in [2.24, 2.45) is 5.92 Å². The van der Waals surface area contributed by atoms with Crippen LogP contribution in [0.1, 0.15) is 46.0 Å². The third-order valence-corrected chi connectivity index (χ3v) is 3.11. The predicted octanol–water partition coefficient (Wildman–Crippen LogP) is 2.58. The van der Waals surface area contributed by atoms with Crippen molar-refractivity contribution in [2.75, 3.05) is 6.54 Å². The molecule has 3 nitrogen and oxygen atoms in total. The molecule has 2 N–H and O–H groups in total. The van der Waals surface area contributed by atoms with Crippen molar-refractivity contribution >= 4 is 5.97 Å². The minimum atomic E-state index is -0.804. The molecular formula is C13H23NO2. The summed E-state index contributed by atoms with van der Waals surface area (Å²) < 4.78 is 0. The molecule has 0 aliphatic heterocycles. The van der Waals surface area contributed by atoms with Crippen LogP contribution in [0, 0.1) is 5.92 Å². The Morgan fingerprint density at radius 2 is 2.12 bits per heavy atom. The molecule has 1 aliphatic carbocycles. The smallest absolute Gasteiger partial charge is 0.328 e. The number of hydrogen-bond donors (Lipinski definition) is 2. The second-order valence-electron chi connectivity index (χ2n) is 5.05. The van der Waals surface area contributed by atoms with E-state index in [1.54, 1.807) is 0 Å². The third kappa shape index (κ3) is 5.31. The van der Waals surface area contributed by atoms with E-state index in [0.29, 0.717) is 6.04 Å². The summed E-state index contributed by atoms with van der Waals surface area (Å²) in [5.41, 5.74) is 1.09. The normalized spacial score (nSPS) is 21.2. The average molecular weight is 225 g/mol. The fourth-order valence-corrected chi connectivity index (χ4v) is 2.09. The molecule has 1 rings (SSSR count). The Hall–Kier alpha value is -0.830. The van der Waals surface area contributed by atoms with Crippen molar-refractivity contribution in [3.63, 3.8) is 0 Å². The predicted molar refractivity (Wildman–Crippen MR) is 65.4 cm³/mol. The molecule has 0 amide bonds. The Kier molecular flexibility index (Phi) is 5.53. The highest BCUT2D eigenvalue weighted by Crippen LogP contribution is 2.23. The third-order valence-electron chi connectivity index (χ3n) is 3.11. The summed E-state index contributed by atoms with van der Waals surface area (Å²) in [5.74, 6) is -0.0558. The van der Waals surface area contributed by atoms with E-state index < -0.39 is 5.97 Å². The summed E-state index contributed by atoms with van der Waals surface area (Å²) in [6, 6.07) is 0.588. The maximum absolute atomic E-state index is 10.5. The SMILES string of the molecule is CC(C)CCNC1CCC(=CC(=O)O)CC1. The largest absolute Gasteiger partial charge is 0.478 e. The summed E-state index contributed by atoms with van der Waals surface area (Å²) in [7, 11) is 0. The molecule has 1 fully saturated rings. The molecular weight excluding hydrogens is 202 g/mol. The first-order valence-electron chi connectivity index (χ1n) is 6.23. The number of rotatable bonds is 5. The van der Waals surface area contributed by atoms with E-state index in [9.17, 15) is 4.79 Å². The molecule has 0 spiro atoms. The van der Waals surface area contributed by atoms with E-state index >= 15 is 0 Å². The molecule has 0 atom stereocenters. The fraction of sp³-hybridized carbons (Fsp3) is 0.769. The second kappa shape index (κ2) is 6.69. The van der Waals surface area contributed by atoms with Crippen molar-refractivity contribution in [1.82, 2.24) is 5.32 Å². The fourth-order valence-electron chi connectivity index (χ4n) is 2.09. The summed E-state index contributed by atoms with van der Waals surface area (Å²) in [5, 5.41) is 12.2. The highest BCUT2D eigenvalue weighted by molar-refractivity contribution is 5.80. The maximum atomic E-state index is 10.5. The van der Waals surface area contributed by atoms with Crippen LogP contribution in [0.5, 0.6) is 0 Å². The van der Waals surface area contributed by atoms with E-state index in [0.717, 1.165) is 43.7 Å². The van der Waals surface area contributed by atoms with Crippen LogP contribution in [-0.2, 0) is 4.79 Å². The number of allylic oxidation sites excluding steroid dienone is 1. The zero-order valence-corrected chi connectivity index (χ0v) is 10.3. The Labute approximate surface area is 97.9 Å². The Bertz CT molecular complexity index is 249. The molecule has 92 valence electrons. The second-order valence-corrected chi connectivity index (χ2v) is 5.05. The molecule has 0 heterocycles. The van der Waals surface area contributed by atoms with Gasteiger partial charge in [0.2, 0.25) is 0 Å². The molecule has 1 saturated carbocycles. The van der Waals surface area contributed by atoms with Crippen molar-refractivity contribution in [3.05, 3.63) is 11.6 Å². The molecule has 0 bridgehead atoms. The lowest BCUT2D eigenvalue weighted by Crippen LogP contribution is -2.32. The van der Waals surface area contributed by atoms with Crippen molar-refractivity contribution in [3.8, 4) is 0 Å². The first kappa shape index (κ1) is 13.2. The number of carboxylic acids is 1. The standard InChI is InChI=1S/C13H23NO2/c1-10(2)7-8-14-12-5-3-11(4-6-12)9-13(15)16/h9-10,12,14H,3-8H2,1-2H3,(H,15,16). The molecule has 0 radical (unpaired) electrons. The molecule has 0 aromatic rings. The number of carbonyl (C=O) groups is 1. The van der Waals surface area contributed by atoms with Crippen molar-refractivity contribution < 1.29 is 9.90 Å². The van der Waals surface area contributed by atoms with Crippen LogP contribution in [0.25, 0.3) is 0 Å². The molecule has 0 unspecified atom stereocenters. The van der Waals surface area contributed by atoms with Gasteiger partial charge in [-0.15, -0.1) is 0 Å². The van der Waals surface area contributed by atoms with E-state index in [4.69, 9.17) is 5.11 Å². The highest BCUT2D eigenvalue weighted by Gasteiger charge is 2.16. The quantitative estimate of drug-likeness (QED) is 0.707. The number of nitrogens with one attached hydrogen (secondary N) is 1. The zero-order chi connectivity index (χ0) is 12.0. The lowest BCUT2D eigenvalue weighted by atomic mass is 9.90. The Morgan fingerprint density at radius 1 is 1.50 bits per heavy atom. The first-order valence-corrected chi connectivity index (χ1v) is 6.23. The zero-order valence-electron chi connectivity index (χ0n) is 10.3. The van der Waals surface area contributed by atoms with E-state index in [2.05, 4.69) is 19.2 Å². The maximum Gasteiger partial charge on any atom is 0.328 e. The van der Waals surface area contributed by atoms with Gasteiger partial charge in [-0.2, -0.15) is 0 Å². The van der Waals surface area contributed by atoms with Gasteiger partial charge >= 0.3 is 5.97 Å². The molecule has 0 saturated heterocycles. The molecule has 0 aromatic carbocycles. The van der Waals surface area contributed by atoms with E-state index in [1.165, 1.54) is 12.5 Å². The van der Waals surface area contributed by atoms with Crippen LogP contribution >= 0.6 is 0 Å². The average Bonchev–Trinajstić information content (AvgIpc) is 2.19. The van der Waals surface area contributed by atoms with Crippen LogP contribution in [0.15, 0.2) is 11.6 Å². The molecule has 1 aliphatic rings. The van der Waals surface area contributed by atoms with Gasteiger partial charge in [-0.25, -0.2) is 4.79 Å². The van der Waals surface area contributed by atoms with Gasteiger partial charge in [0, 0.05) is 12.1 Å². The topological polar surface area (TPSA) is 49.3 Å². The van der Waals surface area contributed by atoms with Crippen LogP contribution in [-0.4, -0.2) is 23.7 Å². The Balaban J connectivity index is 2.19. The van der Waals surface area contributed by atoms with E-state index in [-0.39, 0.29) is 0 Å². The molecule has 0 aromatic heterocycles. The lowest BCUT2D eigenvalue weighted by molar-refractivity contribution is -0.131. The summed E-state index contributed by atoms with van der Waals surface area (Å²) >= 11 is 0. The van der Waals surface area contributed by atoms with Crippen molar-refractivity contribution in [2.45, 2.75) is 52.0 Å². The van der Waals surface area contributed by atoms with Gasteiger partial charge in [-0.1, -0.05) is 19.4 Å². The van der Waals surface area contributed by atoms with E-state index in [1.807, 2.05) is 0 Å². The van der Waals surface area contributed by atoms with Gasteiger partial charge in [-0.05, 0) is 44.6 Å². The number of carboxylic acid groups (broad SMARTS) is 1. The number of hydrogen-bond acceptors (Lipinski definition) is 2. The minimum absolute atomic E-state index is 0.588. The van der Waals surface area contributed by atoms with Gasteiger partial charge in [-0.3, -0.25) is 0 Å². The van der Waals surface area contributed by atoms with Gasteiger partial charge in [0.05, 0.1) is 0 Å². The molecule has 16 heavy (non-hydrogen) atoms. The summed E-state index contributed by atoms with van der Waals surface area (Å²) in [6.07, 6.45) is 6.63. The van der Waals surface area contributed by atoms with Crippen LogP contribution < -0.4 is 5.32 Å². The lowest BCUT2D eigenvalue weighted by Gasteiger charge is -2.25. The van der Waals surface area contributed by atoms with Gasteiger partial charge in [0.1, 0.15) is 0 Å². The number of aliphatic carboxylic acids is 1. The minimum Gasteiger partial charge on any atom is -0.478 e. The molecule has 3 heteroatoms. The summed E-state index contributed by atoms with van der Waals surface area (Å²) in [4.78, 5) is 10.5.